The van der Waals surface area contributed by atoms with Crippen LogP contribution in [0.5, 0.6) is 0 Å². The van der Waals surface area contributed by atoms with Crippen molar-refractivity contribution in [3.8, 4) is 0 Å². The van der Waals surface area contributed by atoms with E-state index in [4.69, 9.17) is 11.6 Å². The summed E-state index contributed by atoms with van der Waals surface area (Å²) in [4.78, 5) is 25.1. The summed E-state index contributed by atoms with van der Waals surface area (Å²) in [6, 6.07) is 6.17. The van der Waals surface area contributed by atoms with Gasteiger partial charge >= 0.3 is 12.0 Å². The Kier molecular flexibility index (Phi) is 4.91. The van der Waals surface area contributed by atoms with Crippen LogP contribution in [0.2, 0.25) is 5.02 Å². The zero-order chi connectivity index (χ0) is 18.2. The van der Waals surface area contributed by atoms with Gasteiger partial charge in [0.25, 0.3) is 0 Å². The minimum atomic E-state index is -1.47. The minimum Gasteiger partial charge on any atom is -0.481 e. The standard InChI is InChI=1S/C18H22ClFN2O3/c1-11-5-12(16(23)24)10-22(9-11)17(25)21-15-7-18(20,8-15)13-3-2-4-14(19)6-13/h2-4,6,11-12,15H,5,7-10H2,1H3,(H,21,25)(H,23,24). The number of amides is 2. The summed E-state index contributed by atoms with van der Waals surface area (Å²) in [7, 11) is 0. The topological polar surface area (TPSA) is 69.6 Å². The van der Waals surface area contributed by atoms with Crippen molar-refractivity contribution >= 4 is 23.6 Å². The van der Waals surface area contributed by atoms with Gasteiger partial charge in [0.2, 0.25) is 0 Å². The first kappa shape index (κ1) is 18.0. The molecule has 2 aliphatic rings. The van der Waals surface area contributed by atoms with Crippen LogP contribution >= 0.6 is 11.6 Å². The Bertz CT molecular complexity index is 678. The van der Waals surface area contributed by atoms with Crippen molar-refractivity contribution in [1.82, 2.24) is 10.2 Å². The van der Waals surface area contributed by atoms with Gasteiger partial charge in [-0.15, -0.1) is 0 Å². The lowest BCUT2D eigenvalue weighted by Gasteiger charge is -2.43. The smallest absolute Gasteiger partial charge is 0.317 e. The van der Waals surface area contributed by atoms with Crippen molar-refractivity contribution in [2.45, 2.75) is 37.9 Å². The lowest BCUT2D eigenvalue weighted by molar-refractivity contribution is -0.143. The van der Waals surface area contributed by atoms with Crippen LogP contribution in [0.3, 0.4) is 0 Å². The first-order valence-electron chi connectivity index (χ1n) is 8.50. The van der Waals surface area contributed by atoms with E-state index in [9.17, 15) is 19.1 Å². The zero-order valence-electron chi connectivity index (χ0n) is 14.0. The molecule has 0 bridgehead atoms. The van der Waals surface area contributed by atoms with Crippen LogP contribution in [-0.4, -0.2) is 41.1 Å². The van der Waals surface area contributed by atoms with Gasteiger partial charge in [-0.05, 0) is 30.0 Å². The number of piperidine rings is 1. The molecule has 1 aliphatic carbocycles. The highest BCUT2D eigenvalue weighted by atomic mass is 35.5. The van der Waals surface area contributed by atoms with Crippen LogP contribution in [-0.2, 0) is 10.5 Å². The van der Waals surface area contributed by atoms with Gasteiger partial charge in [0.15, 0.2) is 0 Å². The van der Waals surface area contributed by atoms with Gasteiger partial charge in [0, 0.05) is 37.0 Å². The van der Waals surface area contributed by atoms with Gasteiger partial charge in [0.05, 0.1) is 5.92 Å². The molecule has 1 saturated carbocycles. The summed E-state index contributed by atoms with van der Waals surface area (Å²) in [5.74, 6) is -1.28. The number of carbonyl (C=O) groups is 2. The van der Waals surface area contributed by atoms with E-state index in [0.29, 0.717) is 23.6 Å². The normalized spacial score (nSPS) is 32.0. The molecule has 1 aromatic rings. The number of nitrogens with one attached hydrogen (secondary N) is 1. The van der Waals surface area contributed by atoms with E-state index < -0.39 is 17.6 Å². The van der Waals surface area contributed by atoms with Gasteiger partial charge < -0.3 is 15.3 Å². The number of carbonyl (C=O) groups excluding carboxylic acids is 1. The third kappa shape index (κ3) is 3.89. The second-order valence-corrected chi connectivity index (χ2v) is 7.75. The van der Waals surface area contributed by atoms with E-state index in [-0.39, 0.29) is 37.4 Å². The number of alkyl halides is 1. The monoisotopic (exact) mass is 368 g/mol. The molecule has 2 N–H and O–H groups in total. The number of hydrogen-bond donors (Lipinski definition) is 2. The third-order valence-electron chi connectivity index (χ3n) is 5.11. The molecular formula is C18H22ClFN2O3. The highest BCUT2D eigenvalue weighted by Gasteiger charge is 2.47. The fourth-order valence-corrected chi connectivity index (χ4v) is 3.98. The van der Waals surface area contributed by atoms with E-state index in [2.05, 4.69) is 5.32 Å². The summed E-state index contributed by atoms with van der Waals surface area (Å²) in [6.07, 6.45) is 0.973. The van der Waals surface area contributed by atoms with Crippen molar-refractivity contribution in [2.24, 2.45) is 11.8 Å². The summed E-state index contributed by atoms with van der Waals surface area (Å²) < 4.78 is 14.9. The Labute approximate surface area is 151 Å². The van der Waals surface area contributed by atoms with E-state index in [1.807, 2.05) is 6.92 Å². The van der Waals surface area contributed by atoms with Crippen LogP contribution < -0.4 is 5.32 Å². The van der Waals surface area contributed by atoms with E-state index in [1.165, 1.54) is 4.90 Å². The first-order chi connectivity index (χ1) is 11.8. The number of carboxylic acids is 1. The van der Waals surface area contributed by atoms with Gasteiger partial charge in [0.1, 0.15) is 5.67 Å². The largest absolute Gasteiger partial charge is 0.481 e. The number of hydrogen-bond acceptors (Lipinski definition) is 2. The van der Waals surface area contributed by atoms with Crippen LogP contribution in [0.1, 0.15) is 31.7 Å². The van der Waals surface area contributed by atoms with Crippen LogP contribution in [0.15, 0.2) is 24.3 Å². The number of benzene rings is 1. The number of carboxylic acid groups (broad SMARTS) is 1. The molecule has 2 atom stereocenters. The average molecular weight is 369 g/mol. The fourth-order valence-electron chi connectivity index (χ4n) is 3.79. The number of urea groups is 1. The Morgan fingerprint density at radius 2 is 2.08 bits per heavy atom. The van der Waals surface area contributed by atoms with Gasteiger partial charge in [-0.3, -0.25) is 4.79 Å². The molecule has 2 unspecified atom stereocenters. The predicted octanol–water partition coefficient (Wildman–Crippen LogP) is 3.42. The maximum Gasteiger partial charge on any atom is 0.317 e. The van der Waals surface area contributed by atoms with E-state index in [1.54, 1.807) is 24.3 Å². The summed E-state index contributed by atoms with van der Waals surface area (Å²) >= 11 is 5.92. The Hall–Kier alpha value is -1.82. The Morgan fingerprint density at radius 1 is 1.36 bits per heavy atom. The molecule has 2 fully saturated rings. The van der Waals surface area contributed by atoms with Crippen LogP contribution in [0.25, 0.3) is 0 Å². The molecule has 3 rings (SSSR count). The van der Waals surface area contributed by atoms with Crippen molar-refractivity contribution in [2.75, 3.05) is 13.1 Å². The molecule has 1 saturated heterocycles. The summed E-state index contributed by atoms with van der Waals surface area (Å²) in [5, 5.41) is 12.5. The molecule has 1 heterocycles. The SMILES string of the molecule is CC1CC(C(=O)O)CN(C(=O)NC2CC(F)(c3cccc(Cl)c3)C2)C1. The fraction of sp³-hybridized carbons (Fsp3) is 0.556. The number of halogens is 2. The molecular weight excluding hydrogens is 347 g/mol. The van der Waals surface area contributed by atoms with Gasteiger partial charge in [-0.2, -0.15) is 0 Å². The van der Waals surface area contributed by atoms with Crippen molar-refractivity contribution < 1.29 is 19.1 Å². The lowest BCUT2D eigenvalue weighted by Crippen LogP contribution is -2.56. The Morgan fingerprint density at radius 3 is 2.72 bits per heavy atom. The Balaban J connectivity index is 1.56. The van der Waals surface area contributed by atoms with E-state index >= 15 is 0 Å². The molecule has 7 heteroatoms. The molecule has 5 nitrogen and oxygen atoms in total. The number of likely N-dealkylation sites (tertiary alicyclic amines) is 1. The quantitative estimate of drug-likeness (QED) is 0.858. The van der Waals surface area contributed by atoms with Crippen molar-refractivity contribution in [3.63, 3.8) is 0 Å². The first-order valence-corrected chi connectivity index (χ1v) is 8.88. The molecule has 1 aromatic carbocycles. The molecule has 2 amide bonds. The molecule has 25 heavy (non-hydrogen) atoms. The van der Waals surface area contributed by atoms with Crippen LogP contribution in [0.4, 0.5) is 9.18 Å². The number of nitrogens with zero attached hydrogens (tertiary/aromatic N) is 1. The molecule has 136 valence electrons. The minimum absolute atomic E-state index is 0.133. The second kappa shape index (κ2) is 6.83. The maximum absolute atomic E-state index is 14.9. The predicted molar refractivity (Wildman–Crippen MR) is 92.3 cm³/mol. The summed E-state index contributed by atoms with van der Waals surface area (Å²) in [6.45, 7) is 2.66. The van der Waals surface area contributed by atoms with Crippen LogP contribution in [0, 0.1) is 11.8 Å². The molecule has 1 aliphatic heterocycles. The van der Waals surface area contributed by atoms with Crippen molar-refractivity contribution in [3.05, 3.63) is 34.9 Å². The third-order valence-corrected chi connectivity index (χ3v) is 5.34. The van der Waals surface area contributed by atoms with Gasteiger partial charge in [-0.1, -0.05) is 30.7 Å². The number of aliphatic carboxylic acids is 1. The molecule has 0 radical (unpaired) electrons. The highest BCUT2D eigenvalue weighted by Crippen LogP contribution is 2.45. The second-order valence-electron chi connectivity index (χ2n) is 7.31. The van der Waals surface area contributed by atoms with E-state index in [0.717, 1.165) is 0 Å². The average Bonchev–Trinajstić information content (AvgIpc) is 2.52. The molecule has 0 spiro atoms. The van der Waals surface area contributed by atoms with Crippen molar-refractivity contribution in [1.29, 1.82) is 0 Å². The number of rotatable bonds is 3. The summed E-state index contributed by atoms with van der Waals surface area (Å²) in [5.41, 5.74) is -0.940. The maximum atomic E-state index is 14.9. The zero-order valence-corrected chi connectivity index (χ0v) is 14.8. The lowest BCUT2D eigenvalue weighted by atomic mass is 9.73. The van der Waals surface area contributed by atoms with Gasteiger partial charge in [-0.25, -0.2) is 9.18 Å². The molecule has 0 aromatic heterocycles. The highest BCUT2D eigenvalue weighted by molar-refractivity contribution is 6.30.